The molecule has 2 rings (SSSR count). The molecule has 2 N–H and O–H groups in total. The largest absolute Gasteiger partial charge is 0.376 e. The first-order chi connectivity index (χ1) is 9.39. The summed E-state index contributed by atoms with van der Waals surface area (Å²) in [5.74, 6) is 0.369. The number of nitrogens with two attached hydrogens (primary N) is 1. The Morgan fingerprint density at radius 1 is 1.40 bits per heavy atom. The van der Waals surface area contributed by atoms with Gasteiger partial charge in [0.1, 0.15) is 5.82 Å². The van der Waals surface area contributed by atoms with Crippen molar-refractivity contribution in [2.45, 2.75) is 58.1 Å². The normalized spacial score (nSPS) is 28.4. The van der Waals surface area contributed by atoms with Gasteiger partial charge in [-0.15, -0.1) is 0 Å². The highest BCUT2D eigenvalue weighted by atomic mass is 19.1. The van der Waals surface area contributed by atoms with Gasteiger partial charge < -0.3 is 10.5 Å². The smallest absolute Gasteiger partial charge is 0.128 e. The third-order valence-corrected chi connectivity index (χ3v) is 4.76. The van der Waals surface area contributed by atoms with Gasteiger partial charge >= 0.3 is 0 Å². The SMILES string of the molecule is COC1(C(N)c2c(C)cc(C)cc2F)CCCC(C)C1. The van der Waals surface area contributed by atoms with Crippen LogP contribution in [0, 0.1) is 25.6 Å². The van der Waals surface area contributed by atoms with E-state index in [4.69, 9.17) is 10.5 Å². The van der Waals surface area contributed by atoms with Crippen molar-refractivity contribution in [1.82, 2.24) is 0 Å². The van der Waals surface area contributed by atoms with Crippen molar-refractivity contribution >= 4 is 0 Å². The van der Waals surface area contributed by atoms with Crippen LogP contribution < -0.4 is 5.73 Å². The molecule has 0 radical (unpaired) electrons. The van der Waals surface area contributed by atoms with Crippen LogP contribution in [0.3, 0.4) is 0 Å². The van der Waals surface area contributed by atoms with E-state index in [0.29, 0.717) is 11.5 Å². The molecule has 112 valence electrons. The number of halogens is 1. The maximum Gasteiger partial charge on any atom is 0.128 e. The fraction of sp³-hybridized carbons (Fsp3) is 0.647. The molecule has 20 heavy (non-hydrogen) atoms. The molecule has 0 bridgehead atoms. The zero-order chi connectivity index (χ0) is 14.9. The van der Waals surface area contributed by atoms with Gasteiger partial charge in [-0.2, -0.15) is 0 Å². The molecule has 1 aliphatic rings. The van der Waals surface area contributed by atoms with Gasteiger partial charge in [-0.3, -0.25) is 0 Å². The molecular weight excluding hydrogens is 253 g/mol. The van der Waals surface area contributed by atoms with E-state index in [0.717, 1.165) is 30.4 Å². The van der Waals surface area contributed by atoms with Crippen LogP contribution >= 0.6 is 0 Å². The minimum absolute atomic E-state index is 0.204. The van der Waals surface area contributed by atoms with Crippen LogP contribution in [0.15, 0.2) is 12.1 Å². The molecule has 0 spiro atoms. The lowest BCUT2D eigenvalue weighted by Gasteiger charge is -2.43. The molecule has 3 atom stereocenters. The number of hydrogen-bond acceptors (Lipinski definition) is 2. The monoisotopic (exact) mass is 279 g/mol. The van der Waals surface area contributed by atoms with E-state index in [2.05, 4.69) is 6.92 Å². The summed E-state index contributed by atoms with van der Waals surface area (Å²) in [5, 5.41) is 0. The maximum atomic E-state index is 14.4. The summed E-state index contributed by atoms with van der Waals surface area (Å²) in [6, 6.07) is 3.15. The topological polar surface area (TPSA) is 35.2 Å². The zero-order valence-electron chi connectivity index (χ0n) is 13.0. The average Bonchev–Trinajstić information content (AvgIpc) is 2.37. The second-order valence-electron chi connectivity index (χ2n) is 6.43. The molecule has 1 fully saturated rings. The van der Waals surface area contributed by atoms with E-state index in [9.17, 15) is 4.39 Å². The van der Waals surface area contributed by atoms with Crippen molar-refractivity contribution in [2.24, 2.45) is 11.7 Å². The summed E-state index contributed by atoms with van der Waals surface area (Å²) in [6.07, 6.45) is 4.10. The molecule has 0 heterocycles. The minimum Gasteiger partial charge on any atom is -0.376 e. The molecule has 0 aliphatic heterocycles. The molecular formula is C17H26FNO. The van der Waals surface area contributed by atoms with E-state index in [1.54, 1.807) is 13.2 Å². The fourth-order valence-electron chi connectivity index (χ4n) is 3.72. The Kier molecular flexibility index (Phi) is 4.50. The number of rotatable bonds is 3. The van der Waals surface area contributed by atoms with Gasteiger partial charge in [-0.1, -0.05) is 25.8 Å². The highest BCUT2D eigenvalue weighted by Crippen LogP contribution is 2.43. The first-order valence-corrected chi connectivity index (χ1v) is 7.47. The van der Waals surface area contributed by atoms with Gasteiger partial charge in [0.15, 0.2) is 0 Å². The number of hydrogen-bond donors (Lipinski definition) is 1. The quantitative estimate of drug-likeness (QED) is 0.906. The molecule has 0 aromatic heterocycles. The number of methoxy groups -OCH3 is 1. The predicted octanol–water partition coefficient (Wildman–Crippen LogP) is 4.04. The minimum atomic E-state index is -0.432. The Morgan fingerprint density at radius 3 is 2.65 bits per heavy atom. The molecule has 1 saturated carbocycles. The van der Waals surface area contributed by atoms with Gasteiger partial charge in [-0.05, 0) is 49.8 Å². The summed E-state index contributed by atoms with van der Waals surface area (Å²) in [5.41, 5.74) is 8.50. The lowest BCUT2D eigenvalue weighted by molar-refractivity contribution is -0.0725. The van der Waals surface area contributed by atoms with Crippen molar-refractivity contribution in [3.05, 3.63) is 34.6 Å². The van der Waals surface area contributed by atoms with Crippen LogP contribution in [0.4, 0.5) is 4.39 Å². The number of aryl methyl sites for hydroxylation is 2. The summed E-state index contributed by atoms with van der Waals surface area (Å²) in [4.78, 5) is 0. The zero-order valence-corrected chi connectivity index (χ0v) is 13.0. The van der Waals surface area contributed by atoms with Gasteiger partial charge in [0.05, 0.1) is 11.6 Å². The van der Waals surface area contributed by atoms with Crippen LogP contribution in [0.5, 0.6) is 0 Å². The second-order valence-corrected chi connectivity index (χ2v) is 6.43. The highest BCUT2D eigenvalue weighted by molar-refractivity contribution is 5.36. The van der Waals surface area contributed by atoms with Crippen LogP contribution in [-0.2, 0) is 4.74 Å². The molecule has 1 aliphatic carbocycles. The van der Waals surface area contributed by atoms with E-state index in [-0.39, 0.29) is 5.82 Å². The van der Waals surface area contributed by atoms with Crippen molar-refractivity contribution < 1.29 is 9.13 Å². The van der Waals surface area contributed by atoms with Crippen molar-refractivity contribution in [1.29, 1.82) is 0 Å². The molecule has 2 nitrogen and oxygen atoms in total. The average molecular weight is 279 g/mol. The van der Waals surface area contributed by atoms with Crippen LogP contribution in [-0.4, -0.2) is 12.7 Å². The molecule has 0 amide bonds. The van der Waals surface area contributed by atoms with Crippen LogP contribution in [0.25, 0.3) is 0 Å². The van der Waals surface area contributed by atoms with E-state index in [1.165, 1.54) is 6.42 Å². The van der Waals surface area contributed by atoms with Crippen molar-refractivity contribution in [3.8, 4) is 0 Å². The maximum absolute atomic E-state index is 14.4. The van der Waals surface area contributed by atoms with Gasteiger partial charge in [0.25, 0.3) is 0 Å². The fourth-order valence-corrected chi connectivity index (χ4v) is 3.72. The third-order valence-electron chi connectivity index (χ3n) is 4.76. The van der Waals surface area contributed by atoms with E-state index in [1.807, 2.05) is 19.9 Å². The lowest BCUT2D eigenvalue weighted by atomic mass is 9.72. The second kappa shape index (κ2) is 5.82. The number of ether oxygens (including phenoxy) is 1. The van der Waals surface area contributed by atoms with Gasteiger partial charge in [0.2, 0.25) is 0 Å². The van der Waals surface area contributed by atoms with Crippen LogP contribution in [0.1, 0.15) is 55.3 Å². The Morgan fingerprint density at radius 2 is 2.10 bits per heavy atom. The van der Waals surface area contributed by atoms with Gasteiger partial charge in [0, 0.05) is 12.7 Å². The van der Waals surface area contributed by atoms with Crippen molar-refractivity contribution in [2.75, 3.05) is 7.11 Å². The molecule has 0 saturated heterocycles. The summed E-state index contributed by atoms with van der Waals surface area (Å²) in [6.45, 7) is 6.05. The summed E-state index contributed by atoms with van der Waals surface area (Å²) in [7, 11) is 1.71. The molecule has 3 unspecified atom stereocenters. The third kappa shape index (κ3) is 2.75. The highest BCUT2D eigenvalue weighted by Gasteiger charge is 2.42. The standard InChI is InChI=1S/C17H26FNO/c1-11-6-5-7-17(10-11,20-4)16(19)15-13(3)8-12(2)9-14(15)18/h8-9,11,16H,5-7,10,19H2,1-4H3. The first kappa shape index (κ1) is 15.5. The van der Waals surface area contributed by atoms with Gasteiger partial charge in [-0.25, -0.2) is 4.39 Å². The van der Waals surface area contributed by atoms with Crippen molar-refractivity contribution in [3.63, 3.8) is 0 Å². The molecule has 1 aromatic carbocycles. The first-order valence-electron chi connectivity index (χ1n) is 7.47. The van der Waals surface area contributed by atoms with E-state index >= 15 is 0 Å². The molecule has 3 heteroatoms. The summed E-state index contributed by atoms with van der Waals surface area (Å²) >= 11 is 0. The Labute approximate surface area is 121 Å². The Balaban J connectivity index is 2.41. The van der Waals surface area contributed by atoms with E-state index < -0.39 is 11.6 Å². The Bertz CT molecular complexity index is 465. The molecule has 1 aromatic rings. The van der Waals surface area contributed by atoms with Crippen LogP contribution in [0.2, 0.25) is 0 Å². The summed E-state index contributed by atoms with van der Waals surface area (Å²) < 4.78 is 20.2. The lowest BCUT2D eigenvalue weighted by Crippen LogP contribution is -2.47. The Hall–Kier alpha value is -0.930. The number of benzene rings is 1. The predicted molar refractivity (Wildman–Crippen MR) is 80.2 cm³/mol.